The largest absolute Gasteiger partial charge is 0.483 e. The van der Waals surface area contributed by atoms with Crippen LogP contribution in [0.1, 0.15) is 24.8 Å². The number of benzene rings is 1. The molecule has 3 rings (SSSR count). The van der Waals surface area contributed by atoms with Crippen LogP contribution in [-0.2, 0) is 25.8 Å². The molecule has 0 aromatic heterocycles. The molecule has 2 fully saturated rings. The van der Waals surface area contributed by atoms with Crippen molar-refractivity contribution < 1.29 is 28.2 Å². The van der Waals surface area contributed by atoms with E-state index in [2.05, 4.69) is 4.90 Å². The fourth-order valence-corrected chi connectivity index (χ4v) is 4.99. The van der Waals surface area contributed by atoms with E-state index in [0.717, 1.165) is 51.0 Å². The van der Waals surface area contributed by atoms with Crippen molar-refractivity contribution in [1.82, 2.24) is 9.80 Å². The van der Waals surface area contributed by atoms with Gasteiger partial charge in [-0.3, -0.25) is 9.59 Å². The summed E-state index contributed by atoms with van der Waals surface area (Å²) in [5.41, 5.74) is 0.955. The minimum atomic E-state index is -3.21. The average molecular weight is 427 g/mol. The van der Waals surface area contributed by atoms with Gasteiger partial charge in [-0.15, -0.1) is 0 Å². The molecule has 1 aromatic rings. The Morgan fingerprint density at radius 2 is 1.79 bits per heavy atom. The van der Waals surface area contributed by atoms with Crippen LogP contribution in [0.5, 0.6) is 0 Å². The Bertz CT molecular complexity index is 789. The van der Waals surface area contributed by atoms with Crippen LogP contribution in [0.4, 0.5) is 0 Å². The van der Waals surface area contributed by atoms with Gasteiger partial charge in [0.25, 0.3) is 6.47 Å². The average Bonchev–Trinajstić information content (AvgIpc) is 2.61. The topological polar surface area (TPSA) is 115 Å². The number of rotatable bonds is 3. The number of aliphatic hydroxyl groups is 1. The van der Waals surface area contributed by atoms with Gasteiger partial charge in [0.05, 0.1) is 17.4 Å². The van der Waals surface area contributed by atoms with Gasteiger partial charge < -0.3 is 20.0 Å². The molecule has 0 bridgehead atoms. The predicted octanol–water partition coefficient (Wildman–Crippen LogP) is 0.639. The minimum Gasteiger partial charge on any atom is -0.483 e. The van der Waals surface area contributed by atoms with Gasteiger partial charge in [0.15, 0.2) is 9.84 Å². The number of hydrogen-bond acceptors (Lipinski definition) is 6. The second-order valence-corrected chi connectivity index (χ2v) is 10.1. The number of amides is 1. The Kier molecular flexibility index (Phi) is 7.79. The summed E-state index contributed by atoms with van der Waals surface area (Å²) in [5.74, 6) is 0.0802. The van der Waals surface area contributed by atoms with E-state index in [4.69, 9.17) is 9.90 Å². The fraction of sp³-hybridized carbons (Fsp3) is 0.600. The highest BCUT2D eigenvalue weighted by atomic mass is 32.2. The lowest BCUT2D eigenvalue weighted by atomic mass is 9.71. The quantitative estimate of drug-likeness (QED) is 0.682. The van der Waals surface area contributed by atoms with Crippen molar-refractivity contribution in [3.05, 3.63) is 29.8 Å². The molecular formula is C20H30N2O6S. The fourth-order valence-electron chi connectivity index (χ4n) is 4.36. The Morgan fingerprint density at radius 3 is 2.28 bits per heavy atom. The highest BCUT2D eigenvalue weighted by molar-refractivity contribution is 7.90. The zero-order valence-electron chi connectivity index (χ0n) is 17.0. The summed E-state index contributed by atoms with van der Waals surface area (Å²) >= 11 is 0. The molecular weight excluding hydrogens is 396 g/mol. The van der Waals surface area contributed by atoms with Crippen LogP contribution in [0.2, 0.25) is 0 Å². The number of hydrogen-bond donors (Lipinski definition) is 2. The van der Waals surface area contributed by atoms with Gasteiger partial charge in [0, 0.05) is 32.4 Å². The Hall–Kier alpha value is -1.97. The summed E-state index contributed by atoms with van der Waals surface area (Å²) in [7, 11) is -1.17. The van der Waals surface area contributed by atoms with E-state index in [9.17, 15) is 18.3 Å². The molecule has 2 saturated heterocycles. The molecule has 1 spiro atoms. The van der Waals surface area contributed by atoms with E-state index in [1.54, 1.807) is 24.3 Å². The molecule has 8 nitrogen and oxygen atoms in total. The molecule has 0 saturated carbocycles. The van der Waals surface area contributed by atoms with Crippen molar-refractivity contribution >= 4 is 22.2 Å². The molecule has 1 aromatic carbocycles. The zero-order chi connectivity index (χ0) is 21.7. The summed E-state index contributed by atoms with van der Waals surface area (Å²) < 4.78 is 23.0. The van der Waals surface area contributed by atoms with Crippen molar-refractivity contribution in [3.63, 3.8) is 0 Å². The number of likely N-dealkylation sites (tertiary alicyclic amines) is 2. The maximum Gasteiger partial charge on any atom is 0.290 e. The Balaban J connectivity index is 0.000000941. The van der Waals surface area contributed by atoms with Crippen LogP contribution in [0, 0.1) is 5.41 Å². The summed E-state index contributed by atoms with van der Waals surface area (Å²) in [4.78, 5) is 25.3. The molecule has 2 aliphatic heterocycles. The van der Waals surface area contributed by atoms with Crippen LogP contribution >= 0.6 is 0 Å². The van der Waals surface area contributed by atoms with E-state index in [-0.39, 0.29) is 28.8 Å². The Labute approximate surface area is 172 Å². The molecule has 0 aliphatic carbocycles. The first-order valence-corrected chi connectivity index (χ1v) is 11.5. The first kappa shape index (κ1) is 23.3. The third-order valence-electron chi connectivity index (χ3n) is 5.68. The number of nitrogens with zero attached hydrogens (tertiary/aromatic N) is 2. The first-order valence-electron chi connectivity index (χ1n) is 9.60. The normalized spacial score (nSPS) is 21.9. The molecule has 29 heavy (non-hydrogen) atoms. The van der Waals surface area contributed by atoms with Crippen molar-refractivity contribution in [2.75, 3.05) is 39.5 Å². The molecule has 0 radical (unpaired) electrons. The van der Waals surface area contributed by atoms with Crippen LogP contribution < -0.4 is 0 Å². The lowest BCUT2D eigenvalue weighted by Crippen LogP contribution is -2.53. The molecule has 2 N–H and O–H groups in total. The maximum absolute atomic E-state index is 12.6. The van der Waals surface area contributed by atoms with E-state index in [1.807, 2.05) is 11.9 Å². The predicted molar refractivity (Wildman–Crippen MR) is 108 cm³/mol. The standard InChI is InChI=1S/C19H28N2O4S.CH2O2/c1-20-13-16(22)12-19(14-20)7-9-21(10-8-19)18(23)11-15-3-5-17(6-4-15)26(2,24)25;2-1-3/h3-6,16,22H,7-14H2,1-2H3;1H,(H,2,3). The minimum absolute atomic E-state index is 0.0802. The van der Waals surface area contributed by atoms with Crippen LogP contribution in [0.25, 0.3) is 0 Å². The second-order valence-electron chi connectivity index (χ2n) is 8.13. The molecule has 1 atom stereocenters. The van der Waals surface area contributed by atoms with Crippen LogP contribution in [0.3, 0.4) is 0 Å². The number of carboxylic acid groups (broad SMARTS) is 1. The van der Waals surface area contributed by atoms with Gasteiger partial charge in [-0.05, 0) is 49.4 Å². The third kappa shape index (κ3) is 6.52. The lowest BCUT2D eigenvalue weighted by molar-refractivity contribution is -0.134. The summed E-state index contributed by atoms with van der Waals surface area (Å²) in [6, 6.07) is 6.54. The first-order chi connectivity index (χ1) is 13.6. The van der Waals surface area contributed by atoms with Gasteiger partial charge in [0.1, 0.15) is 0 Å². The SMILES string of the molecule is CN1CC(O)CC2(CCN(C(=O)Cc3ccc(S(C)(=O)=O)cc3)CC2)C1.O=CO. The molecule has 1 unspecified atom stereocenters. The van der Waals surface area contributed by atoms with Crippen molar-refractivity contribution in [2.45, 2.75) is 36.7 Å². The van der Waals surface area contributed by atoms with E-state index in [1.165, 1.54) is 6.26 Å². The smallest absolute Gasteiger partial charge is 0.290 e. The van der Waals surface area contributed by atoms with Crippen LogP contribution in [0.15, 0.2) is 29.2 Å². The molecule has 162 valence electrons. The van der Waals surface area contributed by atoms with Crippen molar-refractivity contribution in [3.8, 4) is 0 Å². The Morgan fingerprint density at radius 1 is 1.24 bits per heavy atom. The number of likely N-dealkylation sites (N-methyl/N-ethyl adjacent to an activating group) is 1. The van der Waals surface area contributed by atoms with E-state index in [0.29, 0.717) is 6.42 Å². The lowest BCUT2D eigenvalue weighted by Gasteiger charge is -2.48. The highest BCUT2D eigenvalue weighted by Crippen LogP contribution is 2.39. The van der Waals surface area contributed by atoms with Gasteiger partial charge in [0.2, 0.25) is 5.91 Å². The summed E-state index contributed by atoms with van der Waals surface area (Å²) in [6.45, 7) is 2.91. The van der Waals surface area contributed by atoms with E-state index >= 15 is 0 Å². The van der Waals surface area contributed by atoms with Gasteiger partial charge >= 0.3 is 0 Å². The van der Waals surface area contributed by atoms with Crippen molar-refractivity contribution in [1.29, 1.82) is 0 Å². The second kappa shape index (κ2) is 9.69. The third-order valence-corrected chi connectivity index (χ3v) is 6.81. The maximum atomic E-state index is 12.6. The molecule has 1 amide bonds. The number of β-amino-alcohol motifs (C(OH)–C–C–N with tert-alkyl or cyclic N) is 1. The van der Waals surface area contributed by atoms with Crippen molar-refractivity contribution in [2.24, 2.45) is 5.41 Å². The number of piperidine rings is 2. The van der Waals surface area contributed by atoms with Gasteiger partial charge in [-0.1, -0.05) is 12.1 Å². The van der Waals surface area contributed by atoms with E-state index < -0.39 is 9.84 Å². The summed E-state index contributed by atoms with van der Waals surface area (Å²) in [5, 5.41) is 17.0. The number of carbonyl (C=O) groups excluding carboxylic acids is 1. The molecule has 2 heterocycles. The highest BCUT2D eigenvalue weighted by Gasteiger charge is 2.41. The van der Waals surface area contributed by atoms with Crippen LogP contribution in [-0.4, -0.2) is 86.4 Å². The molecule has 9 heteroatoms. The molecule has 2 aliphatic rings. The summed E-state index contributed by atoms with van der Waals surface area (Å²) in [6.07, 6.45) is 3.87. The van der Waals surface area contributed by atoms with Gasteiger partial charge in [-0.25, -0.2) is 8.42 Å². The monoisotopic (exact) mass is 426 g/mol. The van der Waals surface area contributed by atoms with Gasteiger partial charge in [-0.2, -0.15) is 0 Å². The number of aliphatic hydroxyl groups excluding tert-OH is 1. The number of carbonyl (C=O) groups is 2. The number of sulfone groups is 1. The zero-order valence-corrected chi connectivity index (χ0v) is 17.8.